The molecule has 2 saturated heterocycles. The van der Waals surface area contributed by atoms with Gasteiger partial charge in [0.05, 0.1) is 18.8 Å². The Bertz CT molecular complexity index is 393. The fraction of sp³-hybridized carbons (Fsp3) is 0.850. The van der Waals surface area contributed by atoms with E-state index in [-0.39, 0.29) is 6.42 Å². The van der Waals surface area contributed by atoms with Gasteiger partial charge in [0, 0.05) is 18.9 Å². The number of carbonyl (C=O) groups is 1. The molecule has 4 unspecified atom stereocenters. The van der Waals surface area contributed by atoms with Crippen LogP contribution in [-0.2, 0) is 14.3 Å². The van der Waals surface area contributed by atoms with E-state index in [2.05, 4.69) is 19.1 Å². The molecule has 0 aromatic heterocycles. The number of carboxylic acids is 1. The summed E-state index contributed by atoms with van der Waals surface area (Å²) < 4.78 is 12.1. The second kappa shape index (κ2) is 10.9. The number of aliphatic carboxylic acids is 1. The molecule has 2 bridgehead atoms. The van der Waals surface area contributed by atoms with Crippen molar-refractivity contribution in [2.45, 2.75) is 83.3 Å². The number of unbranched alkanes of at least 4 members (excludes halogenated alkanes) is 4. The smallest absolute Gasteiger partial charge is 0.303 e. The van der Waals surface area contributed by atoms with Crippen molar-refractivity contribution in [3.63, 3.8) is 0 Å². The summed E-state index contributed by atoms with van der Waals surface area (Å²) in [7, 11) is 0. The lowest BCUT2D eigenvalue weighted by atomic mass is 9.78. The molecule has 2 heterocycles. The Kier molecular flexibility index (Phi) is 8.82. The summed E-state index contributed by atoms with van der Waals surface area (Å²) in [6.07, 6.45) is 15.4. The molecule has 2 fully saturated rings. The number of rotatable bonds is 13. The highest BCUT2D eigenvalue weighted by atomic mass is 16.5. The number of allylic oxidation sites excluding steroid dienone is 2. The standard InChI is InChI=1S/C20H34O4/c1-2-3-4-9-14-23-15-17-16(18-12-13-19(17)24-18)10-7-5-6-8-11-20(21)22/h5,7,16-19H,2-4,6,8-15H2,1H3,(H,21,22)/b7-5-. The lowest BCUT2D eigenvalue weighted by molar-refractivity contribution is -0.137. The summed E-state index contributed by atoms with van der Waals surface area (Å²) in [5, 5.41) is 8.64. The number of ether oxygens (including phenoxy) is 2. The lowest BCUT2D eigenvalue weighted by Crippen LogP contribution is -2.30. The number of carboxylic acid groups (broad SMARTS) is 1. The minimum atomic E-state index is -0.707. The Morgan fingerprint density at radius 1 is 1.12 bits per heavy atom. The number of hydrogen-bond acceptors (Lipinski definition) is 3. The van der Waals surface area contributed by atoms with Gasteiger partial charge in [0.15, 0.2) is 0 Å². The highest BCUT2D eigenvalue weighted by Gasteiger charge is 2.48. The van der Waals surface area contributed by atoms with Crippen LogP contribution in [0.15, 0.2) is 12.2 Å². The molecule has 0 radical (unpaired) electrons. The highest BCUT2D eigenvalue weighted by Crippen LogP contribution is 2.45. The van der Waals surface area contributed by atoms with Crippen molar-refractivity contribution < 1.29 is 19.4 Å². The van der Waals surface area contributed by atoms with Gasteiger partial charge in [0.2, 0.25) is 0 Å². The maximum Gasteiger partial charge on any atom is 0.303 e. The van der Waals surface area contributed by atoms with Gasteiger partial charge < -0.3 is 14.6 Å². The monoisotopic (exact) mass is 338 g/mol. The fourth-order valence-corrected chi connectivity index (χ4v) is 4.02. The van der Waals surface area contributed by atoms with Crippen molar-refractivity contribution in [2.75, 3.05) is 13.2 Å². The molecule has 0 aliphatic carbocycles. The van der Waals surface area contributed by atoms with Crippen LogP contribution in [0, 0.1) is 11.8 Å². The number of hydrogen-bond donors (Lipinski definition) is 1. The van der Waals surface area contributed by atoms with Crippen molar-refractivity contribution in [3.8, 4) is 0 Å². The average molecular weight is 338 g/mol. The van der Waals surface area contributed by atoms with Crippen LogP contribution in [0.5, 0.6) is 0 Å². The molecule has 2 aliphatic rings. The predicted octanol–water partition coefficient (Wildman–Crippen LogP) is 4.58. The van der Waals surface area contributed by atoms with E-state index in [1.807, 2.05) is 0 Å². The molecule has 2 aliphatic heterocycles. The van der Waals surface area contributed by atoms with Gasteiger partial charge in [-0.25, -0.2) is 0 Å². The van der Waals surface area contributed by atoms with Crippen LogP contribution in [0.25, 0.3) is 0 Å². The minimum absolute atomic E-state index is 0.260. The zero-order chi connectivity index (χ0) is 17.2. The van der Waals surface area contributed by atoms with Crippen LogP contribution in [0.4, 0.5) is 0 Å². The molecule has 4 atom stereocenters. The van der Waals surface area contributed by atoms with Crippen molar-refractivity contribution in [3.05, 3.63) is 12.2 Å². The summed E-state index contributed by atoms with van der Waals surface area (Å²) in [6.45, 7) is 3.95. The van der Waals surface area contributed by atoms with Crippen molar-refractivity contribution in [1.29, 1.82) is 0 Å². The molecule has 2 rings (SSSR count). The first-order valence-electron chi connectivity index (χ1n) is 9.82. The molecular weight excluding hydrogens is 304 g/mol. The van der Waals surface area contributed by atoms with Crippen LogP contribution >= 0.6 is 0 Å². The third-order valence-electron chi connectivity index (χ3n) is 5.38. The van der Waals surface area contributed by atoms with E-state index < -0.39 is 5.97 Å². The molecule has 0 saturated carbocycles. The normalized spacial score (nSPS) is 28.9. The molecular formula is C20H34O4. The first kappa shape index (κ1) is 19.5. The SMILES string of the molecule is CCCCCCOCC1C2CCC(O2)C1C/C=C\CCCC(=O)O. The van der Waals surface area contributed by atoms with Gasteiger partial charge in [-0.15, -0.1) is 0 Å². The molecule has 0 aromatic carbocycles. The van der Waals surface area contributed by atoms with Crippen LogP contribution in [0.1, 0.15) is 71.1 Å². The first-order chi connectivity index (χ1) is 11.7. The maximum absolute atomic E-state index is 10.5. The lowest BCUT2D eigenvalue weighted by Gasteiger charge is -2.27. The second-order valence-corrected chi connectivity index (χ2v) is 7.25. The molecule has 0 aromatic rings. The quantitative estimate of drug-likeness (QED) is 0.394. The van der Waals surface area contributed by atoms with E-state index in [4.69, 9.17) is 14.6 Å². The van der Waals surface area contributed by atoms with Crippen LogP contribution in [0.3, 0.4) is 0 Å². The van der Waals surface area contributed by atoms with E-state index in [0.29, 0.717) is 24.0 Å². The average Bonchev–Trinajstić information content (AvgIpc) is 3.15. The highest BCUT2D eigenvalue weighted by molar-refractivity contribution is 5.66. The van der Waals surface area contributed by atoms with E-state index in [0.717, 1.165) is 32.5 Å². The summed E-state index contributed by atoms with van der Waals surface area (Å²) in [6, 6.07) is 0. The number of fused-ring (bicyclic) bond motifs is 2. The van der Waals surface area contributed by atoms with Crippen molar-refractivity contribution in [2.24, 2.45) is 11.8 Å². The Balaban J connectivity index is 1.65. The molecule has 0 amide bonds. The summed E-state index contributed by atoms with van der Waals surface area (Å²) in [5.41, 5.74) is 0. The zero-order valence-corrected chi connectivity index (χ0v) is 15.1. The van der Waals surface area contributed by atoms with E-state index in [1.54, 1.807) is 0 Å². The Morgan fingerprint density at radius 3 is 2.67 bits per heavy atom. The minimum Gasteiger partial charge on any atom is -0.481 e. The second-order valence-electron chi connectivity index (χ2n) is 7.25. The van der Waals surface area contributed by atoms with E-state index in [1.165, 1.54) is 38.5 Å². The topological polar surface area (TPSA) is 55.8 Å². The van der Waals surface area contributed by atoms with Gasteiger partial charge in [0.1, 0.15) is 0 Å². The zero-order valence-electron chi connectivity index (χ0n) is 15.1. The van der Waals surface area contributed by atoms with Gasteiger partial charge in [-0.05, 0) is 44.4 Å². The summed E-state index contributed by atoms with van der Waals surface area (Å²) in [4.78, 5) is 10.5. The molecule has 24 heavy (non-hydrogen) atoms. The Morgan fingerprint density at radius 2 is 1.92 bits per heavy atom. The third-order valence-corrected chi connectivity index (χ3v) is 5.38. The largest absolute Gasteiger partial charge is 0.481 e. The van der Waals surface area contributed by atoms with Crippen LogP contribution < -0.4 is 0 Å². The molecule has 4 heteroatoms. The van der Waals surface area contributed by atoms with Crippen molar-refractivity contribution in [1.82, 2.24) is 0 Å². The predicted molar refractivity (Wildman–Crippen MR) is 95.1 cm³/mol. The summed E-state index contributed by atoms with van der Waals surface area (Å²) >= 11 is 0. The van der Waals surface area contributed by atoms with Crippen LogP contribution in [0.2, 0.25) is 0 Å². The van der Waals surface area contributed by atoms with E-state index >= 15 is 0 Å². The molecule has 1 N–H and O–H groups in total. The van der Waals surface area contributed by atoms with Gasteiger partial charge in [0.25, 0.3) is 0 Å². The fourth-order valence-electron chi connectivity index (χ4n) is 4.02. The van der Waals surface area contributed by atoms with Crippen LogP contribution in [-0.4, -0.2) is 36.5 Å². The third kappa shape index (κ3) is 6.21. The molecule has 138 valence electrons. The van der Waals surface area contributed by atoms with Crippen molar-refractivity contribution >= 4 is 5.97 Å². The summed E-state index contributed by atoms with van der Waals surface area (Å²) in [5.74, 6) is 0.412. The Labute approximate surface area is 146 Å². The molecule has 4 nitrogen and oxygen atoms in total. The Hall–Kier alpha value is -0.870. The molecule has 0 spiro atoms. The van der Waals surface area contributed by atoms with Gasteiger partial charge in [-0.3, -0.25) is 4.79 Å². The maximum atomic E-state index is 10.5. The first-order valence-corrected chi connectivity index (χ1v) is 9.82. The van der Waals surface area contributed by atoms with Gasteiger partial charge in [-0.1, -0.05) is 38.3 Å². The van der Waals surface area contributed by atoms with Gasteiger partial charge >= 0.3 is 5.97 Å². The van der Waals surface area contributed by atoms with E-state index in [9.17, 15) is 4.79 Å². The van der Waals surface area contributed by atoms with Gasteiger partial charge in [-0.2, -0.15) is 0 Å².